The van der Waals surface area contributed by atoms with Crippen LogP contribution in [0.3, 0.4) is 0 Å². The van der Waals surface area contributed by atoms with E-state index in [4.69, 9.17) is 4.74 Å². The number of aryl methyl sites for hydroxylation is 1. The monoisotopic (exact) mass is 248 g/mol. The van der Waals surface area contributed by atoms with Gasteiger partial charge >= 0.3 is 0 Å². The molecule has 1 aliphatic carbocycles. The Morgan fingerprint density at radius 2 is 2.06 bits per heavy atom. The highest BCUT2D eigenvalue weighted by Crippen LogP contribution is 2.30. The van der Waals surface area contributed by atoms with E-state index in [2.05, 4.69) is 31.2 Å². The molecule has 0 aliphatic heterocycles. The Morgan fingerprint density at radius 3 is 2.78 bits per heavy atom. The molecule has 0 saturated carbocycles. The predicted molar refractivity (Wildman–Crippen MR) is 73.6 cm³/mol. The van der Waals surface area contributed by atoms with Crippen molar-refractivity contribution in [2.75, 3.05) is 13.7 Å². The number of hydrogen-bond donors (Lipinski definition) is 1. The molecule has 0 saturated heterocycles. The van der Waals surface area contributed by atoms with Crippen LogP contribution in [-0.4, -0.2) is 24.9 Å². The molecule has 3 atom stereocenters. The molecule has 2 nitrogen and oxygen atoms in total. The molecule has 0 aromatic heterocycles. The molecule has 1 aromatic carbocycles. The lowest BCUT2D eigenvalue weighted by molar-refractivity contribution is 0.0360. The first-order chi connectivity index (χ1) is 8.72. The van der Waals surface area contributed by atoms with Gasteiger partial charge in [-0.25, -0.2) is 0 Å². The maximum absolute atomic E-state index is 10.4. The molecule has 0 spiro atoms. The number of hydrogen-bond acceptors (Lipinski definition) is 2. The van der Waals surface area contributed by atoms with E-state index in [0.717, 1.165) is 32.3 Å². The van der Waals surface area contributed by atoms with E-state index >= 15 is 0 Å². The number of rotatable bonds is 5. The molecular weight excluding hydrogens is 224 g/mol. The third kappa shape index (κ3) is 3.12. The molecule has 2 rings (SSSR count). The second-order valence-electron chi connectivity index (χ2n) is 5.52. The summed E-state index contributed by atoms with van der Waals surface area (Å²) in [6.45, 7) is 2.87. The lowest BCUT2D eigenvalue weighted by atomic mass is 9.77. The molecule has 0 radical (unpaired) electrons. The van der Waals surface area contributed by atoms with E-state index in [1.165, 1.54) is 11.1 Å². The Morgan fingerprint density at radius 1 is 1.33 bits per heavy atom. The van der Waals surface area contributed by atoms with Gasteiger partial charge in [-0.05, 0) is 48.6 Å². The van der Waals surface area contributed by atoms with Crippen molar-refractivity contribution in [1.82, 2.24) is 0 Å². The molecular formula is C16H24O2. The minimum absolute atomic E-state index is 0.200. The lowest BCUT2D eigenvalue weighted by Crippen LogP contribution is -2.32. The highest BCUT2D eigenvalue weighted by Gasteiger charge is 2.28. The quantitative estimate of drug-likeness (QED) is 0.868. The van der Waals surface area contributed by atoms with Crippen LogP contribution in [0.25, 0.3) is 0 Å². The molecule has 0 amide bonds. The average Bonchev–Trinajstić information content (AvgIpc) is 2.43. The molecule has 0 fully saturated rings. The second-order valence-corrected chi connectivity index (χ2v) is 5.52. The molecule has 3 unspecified atom stereocenters. The van der Waals surface area contributed by atoms with Gasteiger partial charge in [0.15, 0.2) is 0 Å². The maximum atomic E-state index is 10.4. The average molecular weight is 248 g/mol. The van der Waals surface area contributed by atoms with Crippen molar-refractivity contribution in [3.05, 3.63) is 35.4 Å². The zero-order chi connectivity index (χ0) is 13.0. The van der Waals surface area contributed by atoms with Gasteiger partial charge in [0.25, 0.3) is 0 Å². The van der Waals surface area contributed by atoms with Crippen molar-refractivity contribution in [1.29, 1.82) is 0 Å². The fraction of sp³-hybridized carbons (Fsp3) is 0.625. The molecule has 0 heterocycles. The van der Waals surface area contributed by atoms with Gasteiger partial charge in [-0.3, -0.25) is 0 Å². The maximum Gasteiger partial charge on any atom is 0.0598 e. The van der Waals surface area contributed by atoms with Crippen LogP contribution >= 0.6 is 0 Å². The molecule has 1 aromatic rings. The van der Waals surface area contributed by atoms with Crippen LogP contribution in [0.5, 0.6) is 0 Å². The van der Waals surface area contributed by atoms with Gasteiger partial charge in [0.2, 0.25) is 0 Å². The van der Waals surface area contributed by atoms with E-state index in [0.29, 0.717) is 11.8 Å². The molecule has 100 valence electrons. The first kappa shape index (κ1) is 13.6. The summed E-state index contributed by atoms with van der Waals surface area (Å²) in [5.41, 5.74) is 2.89. The van der Waals surface area contributed by atoms with Gasteiger partial charge in [0, 0.05) is 13.7 Å². The summed E-state index contributed by atoms with van der Waals surface area (Å²) in [4.78, 5) is 0. The van der Waals surface area contributed by atoms with Crippen molar-refractivity contribution in [2.45, 2.75) is 38.7 Å². The zero-order valence-corrected chi connectivity index (χ0v) is 11.4. The summed E-state index contributed by atoms with van der Waals surface area (Å²) < 4.78 is 5.10. The first-order valence-electron chi connectivity index (χ1n) is 6.96. The van der Waals surface area contributed by atoms with E-state index < -0.39 is 0 Å². The van der Waals surface area contributed by atoms with Gasteiger partial charge in [0.1, 0.15) is 0 Å². The van der Waals surface area contributed by atoms with Crippen LogP contribution in [0.15, 0.2) is 24.3 Å². The number of aliphatic hydroxyl groups is 1. The van der Waals surface area contributed by atoms with Gasteiger partial charge in [-0.2, -0.15) is 0 Å². The van der Waals surface area contributed by atoms with Crippen molar-refractivity contribution < 1.29 is 9.84 Å². The Bertz CT molecular complexity index is 375. The summed E-state index contributed by atoms with van der Waals surface area (Å²) in [5, 5.41) is 10.4. The largest absolute Gasteiger partial charge is 0.393 e. The molecule has 1 aliphatic rings. The summed E-state index contributed by atoms with van der Waals surface area (Å²) in [6.07, 6.45) is 3.98. The van der Waals surface area contributed by atoms with Crippen molar-refractivity contribution in [3.63, 3.8) is 0 Å². The fourth-order valence-corrected chi connectivity index (χ4v) is 2.96. The number of benzene rings is 1. The molecule has 0 bridgehead atoms. The lowest BCUT2D eigenvalue weighted by Gasteiger charge is -2.31. The summed E-state index contributed by atoms with van der Waals surface area (Å²) >= 11 is 0. The Kier molecular flexibility index (Phi) is 4.79. The van der Waals surface area contributed by atoms with Gasteiger partial charge in [-0.1, -0.05) is 31.2 Å². The highest BCUT2D eigenvalue weighted by molar-refractivity contribution is 5.29. The smallest absolute Gasteiger partial charge is 0.0598 e. The second kappa shape index (κ2) is 6.35. The van der Waals surface area contributed by atoms with Crippen molar-refractivity contribution >= 4 is 0 Å². The summed E-state index contributed by atoms with van der Waals surface area (Å²) in [5.74, 6) is 0.729. The van der Waals surface area contributed by atoms with Crippen LogP contribution < -0.4 is 0 Å². The van der Waals surface area contributed by atoms with Crippen LogP contribution in [0, 0.1) is 11.8 Å². The van der Waals surface area contributed by atoms with Crippen LogP contribution in [0.1, 0.15) is 30.9 Å². The Balaban J connectivity index is 1.95. The first-order valence-corrected chi connectivity index (χ1v) is 6.96. The topological polar surface area (TPSA) is 29.5 Å². The van der Waals surface area contributed by atoms with Crippen molar-refractivity contribution in [2.24, 2.45) is 11.8 Å². The van der Waals surface area contributed by atoms with Crippen molar-refractivity contribution in [3.8, 4) is 0 Å². The highest BCUT2D eigenvalue weighted by atomic mass is 16.5. The minimum Gasteiger partial charge on any atom is -0.393 e. The third-order valence-corrected chi connectivity index (χ3v) is 4.23. The number of fused-ring (bicyclic) bond motifs is 1. The van der Waals surface area contributed by atoms with Gasteiger partial charge < -0.3 is 9.84 Å². The molecule has 1 N–H and O–H groups in total. The number of ether oxygens (including phenoxy) is 1. The normalized spacial score (nSPS) is 22.3. The van der Waals surface area contributed by atoms with E-state index in [1.54, 1.807) is 7.11 Å². The molecule has 2 heteroatoms. The molecule has 18 heavy (non-hydrogen) atoms. The van der Waals surface area contributed by atoms with Crippen LogP contribution in [-0.2, 0) is 17.6 Å². The van der Waals surface area contributed by atoms with Crippen LogP contribution in [0.4, 0.5) is 0 Å². The van der Waals surface area contributed by atoms with Crippen LogP contribution in [0.2, 0.25) is 0 Å². The Hall–Kier alpha value is -0.860. The van der Waals surface area contributed by atoms with E-state index in [9.17, 15) is 5.11 Å². The summed E-state index contributed by atoms with van der Waals surface area (Å²) in [6, 6.07) is 8.62. The standard InChI is InChI=1S/C16H24O2/c1-12(9-10-18-2)16(17)15-8-7-13-5-3-4-6-14(13)11-15/h3-6,12,15-17H,7-11H2,1-2H3. The number of aliphatic hydroxyl groups excluding tert-OH is 1. The minimum atomic E-state index is -0.200. The predicted octanol–water partition coefficient (Wildman–Crippen LogP) is 2.83. The SMILES string of the molecule is COCCC(C)C(O)C1CCc2ccccc2C1. The summed E-state index contributed by atoms with van der Waals surface area (Å²) in [7, 11) is 1.72. The van der Waals surface area contributed by atoms with E-state index in [1.807, 2.05) is 0 Å². The van der Waals surface area contributed by atoms with Gasteiger partial charge in [0.05, 0.1) is 6.10 Å². The third-order valence-electron chi connectivity index (χ3n) is 4.23. The van der Waals surface area contributed by atoms with Gasteiger partial charge in [-0.15, -0.1) is 0 Å². The Labute approximate surface area is 110 Å². The number of methoxy groups -OCH3 is 1. The fourth-order valence-electron chi connectivity index (χ4n) is 2.96. The van der Waals surface area contributed by atoms with E-state index in [-0.39, 0.29) is 6.10 Å². The zero-order valence-electron chi connectivity index (χ0n) is 11.4.